The molecule has 0 radical (unpaired) electrons. The molecule has 0 heterocycles. The van der Waals surface area contributed by atoms with Gasteiger partial charge in [-0.3, -0.25) is 4.79 Å². The number of halogens is 4. The molecule has 0 aliphatic heterocycles. The first kappa shape index (κ1) is 14.6. The van der Waals surface area contributed by atoms with Gasteiger partial charge in [-0.15, -0.1) is 0 Å². The molecular weight excluding hydrogens is 289 g/mol. The highest BCUT2D eigenvalue weighted by atomic mass is 35.5. The zero-order chi connectivity index (χ0) is 14.9. The number of carbonyl (C=O) groups excluding carboxylic acids is 1. The van der Waals surface area contributed by atoms with Crippen molar-refractivity contribution >= 4 is 17.4 Å². The van der Waals surface area contributed by atoms with Crippen molar-refractivity contribution in [1.29, 1.82) is 0 Å². The molecule has 0 N–H and O–H groups in total. The molecule has 2 aromatic carbocycles. The standard InChI is InChI=1S/C15H10ClF3O/c1-8-4-11(12(16)7-13(8)18)15(20)5-9-2-3-10(17)6-14(9)19/h2-4,6-7H,5H2,1H3. The number of Topliss-reactive ketones (excluding diaryl/α,β-unsaturated/α-hetero) is 1. The molecule has 0 aromatic heterocycles. The van der Waals surface area contributed by atoms with Crippen LogP contribution in [0, 0.1) is 24.4 Å². The van der Waals surface area contributed by atoms with Gasteiger partial charge >= 0.3 is 0 Å². The highest BCUT2D eigenvalue weighted by Gasteiger charge is 2.16. The topological polar surface area (TPSA) is 17.1 Å². The molecule has 0 spiro atoms. The highest BCUT2D eigenvalue weighted by molar-refractivity contribution is 6.34. The summed E-state index contributed by atoms with van der Waals surface area (Å²) in [6, 6.07) is 5.35. The van der Waals surface area contributed by atoms with Crippen LogP contribution in [0.15, 0.2) is 30.3 Å². The van der Waals surface area contributed by atoms with Crippen LogP contribution in [0.2, 0.25) is 5.02 Å². The average Bonchev–Trinajstić information content (AvgIpc) is 2.37. The third kappa shape index (κ3) is 3.02. The quantitative estimate of drug-likeness (QED) is 0.763. The molecule has 2 aromatic rings. The van der Waals surface area contributed by atoms with Crippen molar-refractivity contribution in [3.63, 3.8) is 0 Å². The van der Waals surface area contributed by atoms with Gasteiger partial charge in [-0.25, -0.2) is 13.2 Å². The summed E-state index contributed by atoms with van der Waals surface area (Å²) in [6.45, 7) is 1.50. The number of benzene rings is 2. The van der Waals surface area contributed by atoms with Crippen LogP contribution in [-0.2, 0) is 6.42 Å². The van der Waals surface area contributed by atoms with E-state index in [1.54, 1.807) is 0 Å². The molecule has 0 unspecified atom stereocenters. The highest BCUT2D eigenvalue weighted by Crippen LogP contribution is 2.22. The van der Waals surface area contributed by atoms with Gasteiger partial charge in [-0.1, -0.05) is 17.7 Å². The molecule has 104 valence electrons. The number of rotatable bonds is 3. The maximum Gasteiger partial charge on any atom is 0.168 e. The van der Waals surface area contributed by atoms with Crippen LogP contribution in [0.1, 0.15) is 21.5 Å². The first-order valence-electron chi connectivity index (χ1n) is 5.81. The Balaban J connectivity index is 2.31. The van der Waals surface area contributed by atoms with E-state index in [-0.39, 0.29) is 28.1 Å². The second-order valence-electron chi connectivity index (χ2n) is 4.42. The minimum atomic E-state index is -0.798. The van der Waals surface area contributed by atoms with E-state index in [1.807, 2.05) is 0 Å². The van der Waals surface area contributed by atoms with Gasteiger partial charge in [0.1, 0.15) is 17.5 Å². The molecule has 5 heteroatoms. The molecule has 0 atom stereocenters. The SMILES string of the molecule is Cc1cc(C(=O)Cc2ccc(F)cc2F)c(Cl)cc1F. The first-order chi connectivity index (χ1) is 9.38. The van der Waals surface area contributed by atoms with E-state index in [0.717, 1.165) is 12.1 Å². The average molecular weight is 299 g/mol. The molecule has 0 amide bonds. The summed E-state index contributed by atoms with van der Waals surface area (Å²) in [6.07, 6.45) is -0.267. The molecule has 1 nitrogen and oxygen atoms in total. The zero-order valence-corrected chi connectivity index (χ0v) is 11.3. The van der Waals surface area contributed by atoms with Crippen molar-refractivity contribution in [3.8, 4) is 0 Å². The lowest BCUT2D eigenvalue weighted by Gasteiger charge is -2.07. The summed E-state index contributed by atoms with van der Waals surface area (Å²) < 4.78 is 39.5. The lowest BCUT2D eigenvalue weighted by atomic mass is 10.0. The van der Waals surface area contributed by atoms with E-state index in [0.29, 0.717) is 6.07 Å². The normalized spacial score (nSPS) is 10.7. The van der Waals surface area contributed by atoms with Crippen molar-refractivity contribution in [2.24, 2.45) is 0 Å². The fraction of sp³-hybridized carbons (Fsp3) is 0.133. The van der Waals surface area contributed by atoms with Gasteiger partial charge in [0.15, 0.2) is 5.78 Å². The summed E-state index contributed by atoms with van der Waals surface area (Å²) in [7, 11) is 0. The minimum absolute atomic E-state index is 0.0272. The van der Waals surface area contributed by atoms with Gasteiger partial charge in [-0.05, 0) is 36.2 Å². The third-order valence-electron chi connectivity index (χ3n) is 2.91. The Labute approximate surface area is 119 Å². The molecule has 2 rings (SSSR count). The number of carbonyl (C=O) groups is 1. The monoisotopic (exact) mass is 298 g/mol. The largest absolute Gasteiger partial charge is 0.294 e. The molecular formula is C15H10ClF3O. The van der Waals surface area contributed by atoms with Gasteiger partial charge < -0.3 is 0 Å². The van der Waals surface area contributed by atoms with Crippen LogP contribution in [0.25, 0.3) is 0 Å². The number of hydrogen-bond acceptors (Lipinski definition) is 1. The number of aryl methyl sites for hydroxylation is 1. The van der Waals surface area contributed by atoms with Gasteiger partial charge in [0.25, 0.3) is 0 Å². The summed E-state index contributed by atoms with van der Waals surface area (Å²) in [5.74, 6) is -2.48. The van der Waals surface area contributed by atoms with Crippen LogP contribution in [0.3, 0.4) is 0 Å². The van der Waals surface area contributed by atoms with Crippen LogP contribution in [0.5, 0.6) is 0 Å². The number of hydrogen-bond donors (Lipinski definition) is 0. The van der Waals surface area contributed by atoms with Crippen LogP contribution in [-0.4, -0.2) is 5.78 Å². The van der Waals surface area contributed by atoms with E-state index in [2.05, 4.69) is 0 Å². The molecule has 0 saturated carbocycles. The van der Waals surface area contributed by atoms with E-state index in [9.17, 15) is 18.0 Å². The summed E-state index contributed by atoms with van der Waals surface area (Å²) in [5.41, 5.74) is 0.459. The fourth-order valence-electron chi connectivity index (χ4n) is 1.80. The van der Waals surface area contributed by atoms with E-state index in [4.69, 9.17) is 11.6 Å². The number of ketones is 1. The summed E-state index contributed by atoms with van der Waals surface area (Å²) in [5, 5.41) is -0.0272. The Bertz CT molecular complexity index is 683. The van der Waals surface area contributed by atoms with Gasteiger partial charge in [-0.2, -0.15) is 0 Å². The maximum absolute atomic E-state index is 13.5. The maximum atomic E-state index is 13.5. The zero-order valence-electron chi connectivity index (χ0n) is 10.5. The molecule has 0 bridgehead atoms. The Kier molecular flexibility index (Phi) is 4.14. The third-order valence-corrected chi connectivity index (χ3v) is 3.23. The van der Waals surface area contributed by atoms with E-state index < -0.39 is 23.2 Å². The Morgan fingerprint density at radius 1 is 1.10 bits per heavy atom. The minimum Gasteiger partial charge on any atom is -0.294 e. The van der Waals surface area contributed by atoms with Crippen molar-refractivity contribution in [1.82, 2.24) is 0 Å². The lowest BCUT2D eigenvalue weighted by molar-refractivity contribution is 0.0992. The van der Waals surface area contributed by atoms with E-state index >= 15 is 0 Å². The predicted octanol–water partition coefficient (Wildman–Crippen LogP) is 4.49. The Hall–Kier alpha value is -1.81. The van der Waals surface area contributed by atoms with E-state index in [1.165, 1.54) is 19.1 Å². The lowest BCUT2D eigenvalue weighted by Crippen LogP contribution is -2.07. The first-order valence-corrected chi connectivity index (χ1v) is 6.19. The van der Waals surface area contributed by atoms with Crippen molar-refractivity contribution < 1.29 is 18.0 Å². The predicted molar refractivity (Wildman–Crippen MR) is 70.5 cm³/mol. The second kappa shape index (κ2) is 5.67. The van der Waals surface area contributed by atoms with Gasteiger partial charge in [0, 0.05) is 18.1 Å². The van der Waals surface area contributed by atoms with Crippen molar-refractivity contribution in [3.05, 3.63) is 69.5 Å². The molecule has 0 saturated heterocycles. The summed E-state index contributed by atoms with van der Waals surface area (Å²) in [4.78, 5) is 12.1. The van der Waals surface area contributed by atoms with Crippen LogP contribution < -0.4 is 0 Å². The Morgan fingerprint density at radius 2 is 1.80 bits per heavy atom. The molecule has 0 aliphatic carbocycles. The van der Waals surface area contributed by atoms with Crippen molar-refractivity contribution in [2.45, 2.75) is 13.3 Å². The van der Waals surface area contributed by atoms with Gasteiger partial charge in [0.2, 0.25) is 0 Å². The fourth-order valence-corrected chi connectivity index (χ4v) is 2.06. The van der Waals surface area contributed by atoms with Crippen LogP contribution >= 0.6 is 11.6 Å². The Morgan fingerprint density at radius 3 is 2.45 bits per heavy atom. The molecule has 0 aliphatic rings. The van der Waals surface area contributed by atoms with Crippen LogP contribution in [0.4, 0.5) is 13.2 Å². The second-order valence-corrected chi connectivity index (χ2v) is 4.82. The summed E-state index contributed by atoms with van der Waals surface area (Å²) >= 11 is 5.81. The molecule has 20 heavy (non-hydrogen) atoms. The molecule has 0 fully saturated rings. The van der Waals surface area contributed by atoms with Crippen molar-refractivity contribution in [2.75, 3.05) is 0 Å². The van der Waals surface area contributed by atoms with Gasteiger partial charge in [0.05, 0.1) is 5.02 Å². The smallest absolute Gasteiger partial charge is 0.168 e.